The Kier molecular flexibility index (Phi) is 6.54. The van der Waals surface area contributed by atoms with Crippen molar-refractivity contribution in [3.63, 3.8) is 0 Å². The van der Waals surface area contributed by atoms with E-state index in [1.54, 1.807) is 0 Å². The van der Waals surface area contributed by atoms with Gasteiger partial charge in [0.05, 0.1) is 17.3 Å². The number of amides is 1. The number of likely N-dealkylation sites (N-methyl/N-ethyl adjacent to an activating group) is 1. The largest absolute Gasteiger partial charge is 0.323 e. The van der Waals surface area contributed by atoms with Gasteiger partial charge in [-0.25, -0.2) is 0 Å². The molecular weight excluding hydrogens is 345 g/mol. The van der Waals surface area contributed by atoms with Crippen molar-refractivity contribution in [2.45, 2.75) is 57.7 Å². The van der Waals surface area contributed by atoms with Crippen molar-refractivity contribution in [2.24, 2.45) is 0 Å². The highest BCUT2D eigenvalue weighted by Gasteiger charge is 2.35. The number of aryl methyl sites for hydroxylation is 2. The molecule has 6 heteroatoms. The van der Waals surface area contributed by atoms with Crippen LogP contribution in [0.4, 0.5) is 5.69 Å². The van der Waals surface area contributed by atoms with Crippen molar-refractivity contribution in [2.75, 3.05) is 18.9 Å². The topological polar surface area (TPSA) is 44.4 Å². The second kappa shape index (κ2) is 8.05. The average molecular weight is 372 g/mol. The van der Waals surface area contributed by atoms with Crippen LogP contribution in [0.2, 0.25) is 5.02 Å². The van der Waals surface area contributed by atoms with Crippen LogP contribution < -0.4 is 10.6 Å². The number of rotatable bonds is 4. The van der Waals surface area contributed by atoms with Crippen molar-refractivity contribution in [3.8, 4) is 0 Å². The number of fused-ring (bicyclic) bond motifs is 2. The molecule has 4 nitrogen and oxygen atoms in total. The molecule has 2 bridgehead atoms. The molecule has 2 fully saturated rings. The summed E-state index contributed by atoms with van der Waals surface area (Å²) in [5, 5.41) is 7.24. The highest BCUT2D eigenvalue weighted by molar-refractivity contribution is 6.34. The van der Waals surface area contributed by atoms with Crippen LogP contribution in [0.1, 0.15) is 36.8 Å². The lowest BCUT2D eigenvalue weighted by atomic mass is 9.98. The highest BCUT2D eigenvalue weighted by atomic mass is 35.5. The van der Waals surface area contributed by atoms with Crippen LogP contribution in [0.25, 0.3) is 0 Å². The minimum atomic E-state index is 0. The average Bonchev–Trinajstić information content (AvgIpc) is 2.81. The summed E-state index contributed by atoms with van der Waals surface area (Å²) in [5.41, 5.74) is 2.85. The molecular formula is C18H27Cl2N3O. The number of benzene rings is 1. The molecule has 3 rings (SSSR count). The molecule has 2 aliphatic rings. The van der Waals surface area contributed by atoms with Gasteiger partial charge < -0.3 is 10.6 Å². The monoisotopic (exact) mass is 371 g/mol. The maximum Gasteiger partial charge on any atom is 0.238 e. The number of hydrogen-bond acceptors (Lipinski definition) is 3. The smallest absolute Gasteiger partial charge is 0.238 e. The molecule has 24 heavy (non-hydrogen) atoms. The number of anilines is 1. The molecule has 2 aliphatic heterocycles. The van der Waals surface area contributed by atoms with E-state index in [9.17, 15) is 4.79 Å². The molecule has 0 spiro atoms. The van der Waals surface area contributed by atoms with Crippen LogP contribution in [-0.2, 0) is 4.79 Å². The van der Waals surface area contributed by atoms with Crippen molar-refractivity contribution in [3.05, 3.63) is 28.3 Å². The normalized spacial score (nSPS) is 25.5. The molecule has 1 amide bonds. The number of carbonyl (C=O) groups is 1. The van der Waals surface area contributed by atoms with Gasteiger partial charge in [0.1, 0.15) is 0 Å². The molecule has 0 aromatic heterocycles. The predicted molar refractivity (Wildman–Crippen MR) is 102 cm³/mol. The van der Waals surface area contributed by atoms with Gasteiger partial charge in [0.25, 0.3) is 0 Å². The van der Waals surface area contributed by atoms with Gasteiger partial charge in [-0.05, 0) is 63.8 Å². The van der Waals surface area contributed by atoms with Crippen LogP contribution in [-0.4, -0.2) is 42.5 Å². The molecule has 0 saturated carbocycles. The highest BCUT2D eigenvalue weighted by Crippen LogP contribution is 2.30. The molecule has 0 aliphatic carbocycles. The Morgan fingerprint density at radius 2 is 1.92 bits per heavy atom. The van der Waals surface area contributed by atoms with E-state index in [-0.39, 0.29) is 18.3 Å². The summed E-state index contributed by atoms with van der Waals surface area (Å²) in [4.78, 5) is 14.6. The Morgan fingerprint density at radius 1 is 1.29 bits per heavy atom. The Hall–Kier alpha value is -0.810. The van der Waals surface area contributed by atoms with Crippen LogP contribution in [0.15, 0.2) is 12.1 Å². The standard InChI is InChI=1S/C18H26ClN3O.ClH/c1-11-6-12(2)18(16(19)7-11)21-17(23)10-22(3)15-8-13-4-5-14(9-15)20-13;/h6-7,13-15,20H,4-5,8-10H2,1-3H3,(H,21,23);1H. The third-order valence-electron chi connectivity index (χ3n) is 5.16. The fourth-order valence-electron chi connectivity index (χ4n) is 4.00. The zero-order valence-electron chi connectivity index (χ0n) is 14.6. The minimum Gasteiger partial charge on any atom is -0.323 e. The van der Waals surface area contributed by atoms with Gasteiger partial charge in [0, 0.05) is 18.1 Å². The zero-order valence-corrected chi connectivity index (χ0v) is 16.1. The van der Waals surface area contributed by atoms with Gasteiger partial charge in [-0.1, -0.05) is 17.7 Å². The van der Waals surface area contributed by atoms with E-state index < -0.39 is 0 Å². The molecule has 2 N–H and O–H groups in total. The lowest BCUT2D eigenvalue weighted by Crippen LogP contribution is -2.48. The maximum absolute atomic E-state index is 12.4. The number of hydrogen-bond donors (Lipinski definition) is 2. The van der Waals surface area contributed by atoms with E-state index in [2.05, 4.69) is 22.6 Å². The molecule has 2 heterocycles. The third-order valence-corrected chi connectivity index (χ3v) is 5.46. The molecule has 134 valence electrons. The van der Waals surface area contributed by atoms with Gasteiger partial charge in [-0.2, -0.15) is 0 Å². The van der Waals surface area contributed by atoms with Gasteiger partial charge in [-0.15, -0.1) is 12.4 Å². The van der Waals surface area contributed by atoms with Gasteiger partial charge in [-0.3, -0.25) is 9.69 Å². The van der Waals surface area contributed by atoms with Crippen LogP contribution >= 0.6 is 24.0 Å². The fraction of sp³-hybridized carbons (Fsp3) is 0.611. The van der Waals surface area contributed by atoms with Crippen LogP contribution in [0.5, 0.6) is 0 Å². The summed E-state index contributed by atoms with van der Waals surface area (Å²) in [7, 11) is 2.05. The lowest BCUT2D eigenvalue weighted by molar-refractivity contribution is -0.117. The quantitative estimate of drug-likeness (QED) is 0.850. The van der Waals surface area contributed by atoms with Gasteiger partial charge >= 0.3 is 0 Å². The lowest BCUT2D eigenvalue weighted by Gasteiger charge is -2.35. The molecule has 2 saturated heterocycles. The summed E-state index contributed by atoms with van der Waals surface area (Å²) < 4.78 is 0. The Balaban J connectivity index is 0.00000208. The first-order valence-electron chi connectivity index (χ1n) is 8.45. The fourth-order valence-corrected chi connectivity index (χ4v) is 4.36. The number of piperidine rings is 1. The van der Waals surface area contributed by atoms with E-state index in [1.165, 1.54) is 12.8 Å². The van der Waals surface area contributed by atoms with E-state index >= 15 is 0 Å². The first-order valence-corrected chi connectivity index (χ1v) is 8.83. The summed E-state index contributed by atoms with van der Waals surface area (Å²) in [6.07, 6.45) is 4.84. The van der Waals surface area contributed by atoms with Crippen molar-refractivity contribution in [1.82, 2.24) is 10.2 Å². The molecule has 2 atom stereocenters. The summed E-state index contributed by atoms with van der Waals surface area (Å²) in [6, 6.07) is 5.69. The van der Waals surface area contributed by atoms with Gasteiger partial charge in [0.2, 0.25) is 5.91 Å². The van der Waals surface area contributed by atoms with E-state index in [4.69, 9.17) is 11.6 Å². The van der Waals surface area contributed by atoms with Crippen molar-refractivity contribution in [1.29, 1.82) is 0 Å². The number of halogens is 2. The molecule has 2 unspecified atom stereocenters. The molecule has 1 aromatic carbocycles. The first-order chi connectivity index (χ1) is 10.9. The first kappa shape index (κ1) is 19.5. The summed E-state index contributed by atoms with van der Waals surface area (Å²) >= 11 is 6.27. The van der Waals surface area contributed by atoms with Crippen LogP contribution in [0, 0.1) is 13.8 Å². The third kappa shape index (κ3) is 4.42. The summed E-state index contributed by atoms with van der Waals surface area (Å²) in [5.74, 6) is 0.00670. The number of nitrogens with one attached hydrogen (secondary N) is 2. The van der Waals surface area contributed by atoms with Crippen LogP contribution in [0.3, 0.4) is 0 Å². The van der Waals surface area contributed by atoms with E-state index in [0.29, 0.717) is 29.7 Å². The number of carbonyl (C=O) groups excluding carboxylic acids is 1. The van der Waals surface area contributed by atoms with Gasteiger partial charge in [0.15, 0.2) is 0 Å². The molecule has 1 aromatic rings. The van der Waals surface area contributed by atoms with Crippen molar-refractivity contribution < 1.29 is 4.79 Å². The summed E-state index contributed by atoms with van der Waals surface area (Å²) in [6.45, 7) is 4.39. The molecule has 0 radical (unpaired) electrons. The van der Waals surface area contributed by atoms with E-state index in [1.807, 2.05) is 26.0 Å². The zero-order chi connectivity index (χ0) is 16.6. The number of nitrogens with zero attached hydrogens (tertiary/aromatic N) is 1. The Morgan fingerprint density at radius 3 is 2.50 bits per heavy atom. The SMILES string of the molecule is Cc1cc(C)c(NC(=O)CN(C)C2CC3CCC(C2)N3)c(Cl)c1.Cl. The maximum atomic E-state index is 12.4. The Bertz CT molecular complexity index is 573. The van der Waals surface area contributed by atoms with Crippen molar-refractivity contribution >= 4 is 35.6 Å². The van der Waals surface area contributed by atoms with E-state index in [0.717, 1.165) is 29.7 Å². The Labute approximate surface area is 155 Å². The second-order valence-corrected chi connectivity index (χ2v) is 7.57. The minimum absolute atomic E-state index is 0. The second-order valence-electron chi connectivity index (χ2n) is 7.17. The predicted octanol–water partition coefficient (Wildman–Crippen LogP) is 3.53.